The smallest absolute Gasteiger partial charge is 0.329 e. The lowest BCUT2D eigenvalue weighted by molar-refractivity contribution is -0.385. The van der Waals surface area contributed by atoms with Crippen LogP contribution in [0.3, 0.4) is 0 Å². The summed E-state index contributed by atoms with van der Waals surface area (Å²) < 4.78 is 10.1. The first-order valence-corrected chi connectivity index (χ1v) is 5.09. The number of nitro benzene ring substituents is 1. The minimum Gasteiger partial charge on any atom is -0.487 e. The Labute approximate surface area is 98.1 Å². The molecule has 0 unspecified atom stereocenters. The van der Waals surface area contributed by atoms with Crippen LogP contribution in [-0.4, -0.2) is 25.2 Å². The molecule has 1 aromatic carbocycles. The van der Waals surface area contributed by atoms with E-state index >= 15 is 0 Å². The summed E-state index contributed by atoms with van der Waals surface area (Å²) in [6.07, 6.45) is 0.667. The van der Waals surface area contributed by atoms with Crippen molar-refractivity contribution < 1.29 is 14.4 Å². The number of hydrogen-bond acceptors (Lipinski definition) is 4. The molecule has 1 rings (SSSR count). The monoisotopic (exact) mass is 245 g/mol. The summed E-state index contributed by atoms with van der Waals surface area (Å²) in [4.78, 5) is 10.2. The second kappa shape index (κ2) is 6.30. The third-order valence-electron chi connectivity index (χ3n) is 1.88. The standard InChI is InChI=1S/C10H12ClNO4/c1-15-6-3-7-16-9-5-2-4-8(11)10(9)12(13)14/h2,4-5H,3,6-7H2,1H3. The quantitative estimate of drug-likeness (QED) is 0.439. The molecular weight excluding hydrogens is 234 g/mol. The fourth-order valence-corrected chi connectivity index (χ4v) is 1.41. The average molecular weight is 246 g/mol. The van der Waals surface area contributed by atoms with Crippen molar-refractivity contribution in [3.63, 3.8) is 0 Å². The van der Waals surface area contributed by atoms with Crippen LogP contribution in [0.25, 0.3) is 0 Å². The molecule has 0 aromatic heterocycles. The highest BCUT2D eigenvalue weighted by molar-refractivity contribution is 6.32. The van der Waals surface area contributed by atoms with Crippen molar-refractivity contribution in [1.29, 1.82) is 0 Å². The lowest BCUT2D eigenvalue weighted by Gasteiger charge is -2.06. The van der Waals surface area contributed by atoms with Gasteiger partial charge in [-0.2, -0.15) is 0 Å². The van der Waals surface area contributed by atoms with Crippen LogP contribution in [0, 0.1) is 10.1 Å². The van der Waals surface area contributed by atoms with E-state index in [4.69, 9.17) is 21.1 Å². The molecule has 5 nitrogen and oxygen atoms in total. The van der Waals surface area contributed by atoms with Gasteiger partial charge in [-0.15, -0.1) is 0 Å². The van der Waals surface area contributed by atoms with Crippen LogP contribution in [0.5, 0.6) is 5.75 Å². The zero-order valence-corrected chi connectivity index (χ0v) is 9.57. The Bertz CT molecular complexity index is 370. The number of methoxy groups -OCH3 is 1. The number of halogens is 1. The fourth-order valence-electron chi connectivity index (χ4n) is 1.17. The molecule has 0 N–H and O–H groups in total. The Balaban J connectivity index is 2.71. The van der Waals surface area contributed by atoms with Gasteiger partial charge in [0.05, 0.1) is 11.5 Å². The molecule has 0 atom stereocenters. The molecule has 0 amide bonds. The van der Waals surface area contributed by atoms with Crippen LogP contribution >= 0.6 is 11.6 Å². The lowest BCUT2D eigenvalue weighted by Crippen LogP contribution is -2.03. The number of nitrogens with zero attached hydrogens (tertiary/aromatic N) is 1. The average Bonchev–Trinajstić information content (AvgIpc) is 2.24. The largest absolute Gasteiger partial charge is 0.487 e. The molecule has 0 aliphatic rings. The van der Waals surface area contributed by atoms with Crippen molar-refractivity contribution in [3.8, 4) is 5.75 Å². The van der Waals surface area contributed by atoms with Gasteiger partial charge in [-0.25, -0.2) is 0 Å². The summed E-state index contributed by atoms with van der Waals surface area (Å²) >= 11 is 5.72. The number of benzene rings is 1. The second-order valence-electron chi connectivity index (χ2n) is 3.04. The SMILES string of the molecule is COCCCOc1cccc(Cl)c1[N+](=O)[O-]. The van der Waals surface area contributed by atoms with Gasteiger partial charge in [0.1, 0.15) is 5.02 Å². The summed E-state index contributed by atoms with van der Waals surface area (Å²) in [5, 5.41) is 10.8. The molecule has 0 spiro atoms. The molecule has 0 saturated heterocycles. The number of ether oxygens (including phenoxy) is 2. The maximum absolute atomic E-state index is 10.7. The van der Waals surface area contributed by atoms with Gasteiger partial charge in [-0.05, 0) is 12.1 Å². The molecule has 88 valence electrons. The molecule has 16 heavy (non-hydrogen) atoms. The predicted molar refractivity (Wildman–Crippen MR) is 60.1 cm³/mol. The van der Waals surface area contributed by atoms with Crippen LogP contribution in [-0.2, 0) is 4.74 Å². The minimum absolute atomic E-state index is 0.0780. The second-order valence-corrected chi connectivity index (χ2v) is 3.45. The summed E-state index contributed by atoms with van der Waals surface area (Å²) in [6.45, 7) is 0.906. The molecule has 0 heterocycles. The van der Waals surface area contributed by atoms with Gasteiger partial charge in [0.15, 0.2) is 5.75 Å². The van der Waals surface area contributed by atoms with Gasteiger partial charge in [0, 0.05) is 20.1 Å². The Morgan fingerprint density at radius 1 is 1.44 bits per heavy atom. The Morgan fingerprint density at radius 3 is 2.81 bits per heavy atom. The van der Waals surface area contributed by atoms with Gasteiger partial charge in [0.2, 0.25) is 0 Å². The summed E-state index contributed by atoms with van der Waals surface area (Å²) in [5.74, 6) is 0.189. The molecule has 0 fully saturated rings. The van der Waals surface area contributed by atoms with E-state index in [2.05, 4.69) is 0 Å². The van der Waals surface area contributed by atoms with Gasteiger partial charge in [-0.3, -0.25) is 10.1 Å². The first-order chi connectivity index (χ1) is 7.66. The van der Waals surface area contributed by atoms with Gasteiger partial charge >= 0.3 is 5.69 Å². The van der Waals surface area contributed by atoms with Crippen LogP contribution in [0.15, 0.2) is 18.2 Å². The van der Waals surface area contributed by atoms with Crippen molar-refractivity contribution in [2.24, 2.45) is 0 Å². The number of para-hydroxylation sites is 1. The van der Waals surface area contributed by atoms with E-state index in [-0.39, 0.29) is 16.5 Å². The third-order valence-corrected chi connectivity index (χ3v) is 2.19. The van der Waals surface area contributed by atoms with E-state index in [1.165, 1.54) is 12.1 Å². The highest BCUT2D eigenvalue weighted by Crippen LogP contribution is 2.34. The van der Waals surface area contributed by atoms with Crippen LogP contribution < -0.4 is 4.74 Å². The van der Waals surface area contributed by atoms with Crippen molar-refractivity contribution in [1.82, 2.24) is 0 Å². The maximum atomic E-state index is 10.7. The predicted octanol–water partition coefficient (Wildman–Crippen LogP) is 2.66. The zero-order valence-electron chi connectivity index (χ0n) is 8.81. The molecule has 0 bridgehead atoms. The molecule has 6 heteroatoms. The van der Waals surface area contributed by atoms with E-state index < -0.39 is 4.92 Å². The van der Waals surface area contributed by atoms with Crippen molar-refractivity contribution >= 4 is 17.3 Å². The summed E-state index contributed by atoms with van der Waals surface area (Å²) in [5.41, 5.74) is -0.193. The van der Waals surface area contributed by atoms with Crippen molar-refractivity contribution in [2.75, 3.05) is 20.3 Å². The molecule has 0 aliphatic heterocycles. The zero-order chi connectivity index (χ0) is 12.0. The highest BCUT2D eigenvalue weighted by Gasteiger charge is 2.19. The van der Waals surface area contributed by atoms with E-state index in [0.29, 0.717) is 19.6 Å². The van der Waals surface area contributed by atoms with E-state index in [1.807, 2.05) is 0 Å². The van der Waals surface area contributed by atoms with E-state index in [0.717, 1.165) is 0 Å². The maximum Gasteiger partial charge on any atom is 0.329 e. The van der Waals surface area contributed by atoms with Gasteiger partial charge < -0.3 is 9.47 Å². The first kappa shape index (κ1) is 12.7. The van der Waals surface area contributed by atoms with Crippen LogP contribution in [0.2, 0.25) is 5.02 Å². The number of hydrogen-bond donors (Lipinski definition) is 0. The third kappa shape index (κ3) is 3.36. The molecule has 0 aliphatic carbocycles. The molecule has 1 aromatic rings. The first-order valence-electron chi connectivity index (χ1n) is 4.71. The Morgan fingerprint density at radius 2 is 2.19 bits per heavy atom. The number of nitro groups is 1. The normalized spacial score (nSPS) is 10.1. The van der Waals surface area contributed by atoms with Crippen molar-refractivity contribution in [2.45, 2.75) is 6.42 Å². The van der Waals surface area contributed by atoms with E-state index in [9.17, 15) is 10.1 Å². The topological polar surface area (TPSA) is 61.6 Å². The summed E-state index contributed by atoms with van der Waals surface area (Å²) in [6, 6.07) is 4.60. The van der Waals surface area contributed by atoms with E-state index in [1.54, 1.807) is 13.2 Å². The Kier molecular flexibility index (Phi) is 5.01. The van der Waals surface area contributed by atoms with Crippen LogP contribution in [0.1, 0.15) is 6.42 Å². The highest BCUT2D eigenvalue weighted by atomic mass is 35.5. The number of rotatable bonds is 6. The van der Waals surface area contributed by atoms with Crippen LogP contribution in [0.4, 0.5) is 5.69 Å². The molecule has 0 radical (unpaired) electrons. The minimum atomic E-state index is -0.548. The lowest BCUT2D eigenvalue weighted by atomic mass is 10.3. The summed E-state index contributed by atoms with van der Waals surface area (Å²) in [7, 11) is 1.59. The Hall–Kier alpha value is -1.33. The molecular formula is C10H12ClNO4. The fraction of sp³-hybridized carbons (Fsp3) is 0.400. The van der Waals surface area contributed by atoms with Crippen molar-refractivity contribution in [3.05, 3.63) is 33.3 Å². The van der Waals surface area contributed by atoms with Gasteiger partial charge in [0.25, 0.3) is 0 Å². The molecule has 0 saturated carbocycles. The van der Waals surface area contributed by atoms with Gasteiger partial charge in [-0.1, -0.05) is 17.7 Å².